The van der Waals surface area contributed by atoms with Gasteiger partial charge in [0.05, 0.1) is 11.1 Å². The highest BCUT2D eigenvalue weighted by Gasteiger charge is 2.29. The average Bonchev–Trinajstić information content (AvgIpc) is 3.12. The van der Waals surface area contributed by atoms with E-state index in [4.69, 9.17) is 4.42 Å². The summed E-state index contributed by atoms with van der Waals surface area (Å²) in [6.45, 7) is 2.06. The molecule has 130 valence electrons. The van der Waals surface area contributed by atoms with Crippen LogP contribution in [0.25, 0.3) is 10.6 Å². The van der Waals surface area contributed by atoms with Crippen LogP contribution in [0.15, 0.2) is 51.2 Å². The summed E-state index contributed by atoms with van der Waals surface area (Å²) in [6, 6.07) is 10.8. The predicted octanol–water partition coefficient (Wildman–Crippen LogP) is 4.64. The minimum absolute atomic E-state index is 0.256. The predicted molar refractivity (Wildman–Crippen MR) is 98.4 cm³/mol. The van der Waals surface area contributed by atoms with Crippen molar-refractivity contribution >= 4 is 27.0 Å². The molecule has 1 aliphatic carbocycles. The fourth-order valence-corrected chi connectivity index (χ4v) is 4.84. The molecular weight excluding hydrogens is 356 g/mol. The van der Waals surface area contributed by atoms with E-state index in [2.05, 4.69) is 16.6 Å². The largest absolute Gasteiger partial charge is 0.440 e. The van der Waals surface area contributed by atoms with Crippen molar-refractivity contribution in [2.24, 2.45) is 0 Å². The highest BCUT2D eigenvalue weighted by Crippen LogP contribution is 2.41. The maximum atomic E-state index is 12.6. The number of oxazole rings is 1. The van der Waals surface area contributed by atoms with Crippen molar-refractivity contribution in [2.75, 3.05) is 4.72 Å². The van der Waals surface area contributed by atoms with Crippen molar-refractivity contribution in [3.05, 3.63) is 54.0 Å². The SMILES string of the molecule is CCc1ccc(NS(=O)(=O)c2ccc(-c3cnc(C4CC4)o3)s2)cc1. The number of nitrogens with zero attached hydrogens (tertiary/aromatic N) is 1. The zero-order valence-electron chi connectivity index (χ0n) is 13.7. The van der Waals surface area contributed by atoms with Crippen LogP contribution in [0.2, 0.25) is 0 Å². The number of thiophene rings is 1. The number of aromatic nitrogens is 1. The second kappa shape index (κ2) is 6.31. The van der Waals surface area contributed by atoms with Gasteiger partial charge in [0.25, 0.3) is 10.0 Å². The van der Waals surface area contributed by atoms with Gasteiger partial charge >= 0.3 is 0 Å². The van der Waals surface area contributed by atoms with Gasteiger partial charge < -0.3 is 4.42 Å². The van der Waals surface area contributed by atoms with Gasteiger partial charge in [0.2, 0.25) is 0 Å². The Hall–Kier alpha value is -2.12. The van der Waals surface area contributed by atoms with Crippen LogP contribution in [0.4, 0.5) is 5.69 Å². The molecule has 25 heavy (non-hydrogen) atoms. The molecule has 3 aromatic rings. The third-order valence-corrected chi connectivity index (χ3v) is 7.13. The molecule has 4 rings (SSSR count). The van der Waals surface area contributed by atoms with Gasteiger partial charge in [-0.2, -0.15) is 0 Å². The Morgan fingerprint density at radius 1 is 1.20 bits per heavy atom. The van der Waals surface area contributed by atoms with Crippen molar-refractivity contribution in [2.45, 2.75) is 36.3 Å². The van der Waals surface area contributed by atoms with E-state index in [-0.39, 0.29) is 4.21 Å². The van der Waals surface area contributed by atoms with Crippen LogP contribution >= 0.6 is 11.3 Å². The first kappa shape index (κ1) is 16.4. The number of sulfonamides is 1. The molecule has 0 atom stereocenters. The Morgan fingerprint density at radius 3 is 2.64 bits per heavy atom. The Kier molecular flexibility index (Phi) is 4.13. The molecule has 2 heterocycles. The van der Waals surface area contributed by atoms with E-state index in [1.54, 1.807) is 30.5 Å². The van der Waals surface area contributed by atoms with Crippen LogP contribution in [0.5, 0.6) is 0 Å². The van der Waals surface area contributed by atoms with Gasteiger partial charge in [-0.25, -0.2) is 13.4 Å². The zero-order valence-corrected chi connectivity index (χ0v) is 15.4. The molecule has 0 radical (unpaired) electrons. The van der Waals surface area contributed by atoms with Crippen LogP contribution in [0, 0.1) is 0 Å². The Balaban J connectivity index is 1.54. The van der Waals surface area contributed by atoms with Gasteiger partial charge in [0, 0.05) is 11.6 Å². The smallest absolute Gasteiger partial charge is 0.271 e. The van der Waals surface area contributed by atoms with Gasteiger partial charge in [0.15, 0.2) is 11.7 Å². The zero-order chi connectivity index (χ0) is 17.4. The van der Waals surface area contributed by atoms with Crippen molar-refractivity contribution < 1.29 is 12.8 Å². The van der Waals surface area contributed by atoms with E-state index in [0.717, 1.165) is 35.6 Å². The number of aryl methyl sites for hydroxylation is 1. The van der Waals surface area contributed by atoms with Crippen molar-refractivity contribution in [1.29, 1.82) is 0 Å². The monoisotopic (exact) mass is 374 g/mol. The molecule has 1 N–H and O–H groups in total. The van der Waals surface area contributed by atoms with Crippen LogP contribution in [-0.4, -0.2) is 13.4 Å². The molecular formula is C18H18N2O3S2. The lowest BCUT2D eigenvalue weighted by Crippen LogP contribution is -2.11. The van der Waals surface area contributed by atoms with E-state index in [1.807, 2.05) is 12.1 Å². The van der Waals surface area contributed by atoms with E-state index in [9.17, 15) is 8.42 Å². The molecule has 2 aromatic heterocycles. The Labute approximate surface area is 150 Å². The van der Waals surface area contributed by atoms with Gasteiger partial charge in [0.1, 0.15) is 4.21 Å². The molecule has 0 saturated heterocycles. The molecule has 1 saturated carbocycles. The van der Waals surface area contributed by atoms with E-state index < -0.39 is 10.0 Å². The maximum Gasteiger partial charge on any atom is 0.271 e. The van der Waals surface area contributed by atoms with E-state index in [0.29, 0.717) is 17.4 Å². The van der Waals surface area contributed by atoms with Crippen LogP contribution < -0.4 is 4.72 Å². The summed E-state index contributed by atoms with van der Waals surface area (Å²) >= 11 is 1.18. The lowest BCUT2D eigenvalue weighted by molar-refractivity contribution is 0.510. The van der Waals surface area contributed by atoms with Crippen molar-refractivity contribution in [1.82, 2.24) is 4.98 Å². The van der Waals surface area contributed by atoms with Crippen LogP contribution in [0.1, 0.15) is 37.1 Å². The van der Waals surface area contributed by atoms with Crippen LogP contribution in [-0.2, 0) is 16.4 Å². The Bertz CT molecular complexity index is 984. The Morgan fingerprint density at radius 2 is 1.96 bits per heavy atom. The lowest BCUT2D eigenvalue weighted by atomic mass is 10.2. The number of rotatable bonds is 6. The second-order valence-corrected chi connectivity index (χ2v) is 9.10. The highest BCUT2D eigenvalue weighted by molar-refractivity contribution is 7.94. The third kappa shape index (κ3) is 3.48. The summed E-state index contributed by atoms with van der Waals surface area (Å²) in [5.41, 5.74) is 1.72. The molecule has 0 unspecified atom stereocenters. The summed E-state index contributed by atoms with van der Waals surface area (Å²) in [5, 5.41) is 0. The standard InChI is InChI=1S/C18H18N2O3S2/c1-2-12-3-7-14(8-4-12)20-25(21,22)17-10-9-16(24-17)15-11-19-18(23-15)13-5-6-13/h3-4,7-11,13,20H,2,5-6H2,1H3. The lowest BCUT2D eigenvalue weighted by Gasteiger charge is -2.06. The first-order valence-electron chi connectivity index (χ1n) is 8.23. The molecule has 0 spiro atoms. The van der Waals surface area contributed by atoms with E-state index in [1.165, 1.54) is 11.3 Å². The minimum Gasteiger partial charge on any atom is -0.440 e. The third-order valence-electron chi connectivity index (χ3n) is 4.15. The number of anilines is 1. The molecule has 1 aromatic carbocycles. The number of nitrogens with one attached hydrogen (secondary N) is 1. The van der Waals surface area contributed by atoms with Gasteiger partial charge in [-0.1, -0.05) is 19.1 Å². The summed E-state index contributed by atoms with van der Waals surface area (Å²) in [5.74, 6) is 1.81. The van der Waals surface area contributed by atoms with E-state index >= 15 is 0 Å². The molecule has 0 bridgehead atoms. The first-order chi connectivity index (χ1) is 12.0. The molecule has 0 aliphatic heterocycles. The maximum absolute atomic E-state index is 12.6. The molecule has 7 heteroatoms. The number of hydrogen-bond acceptors (Lipinski definition) is 5. The van der Waals surface area contributed by atoms with Gasteiger partial charge in [-0.15, -0.1) is 11.3 Å². The first-order valence-corrected chi connectivity index (χ1v) is 10.5. The topological polar surface area (TPSA) is 72.2 Å². The van der Waals surface area contributed by atoms with Gasteiger partial charge in [-0.05, 0) is 49.1 Å². The number of hydrogen-bond donors (Lipinski definition) is 1. The fraction of sp³-hybridized carbons (Fsp3) is 0.278. The highest BCUT2D eigenvalue weighted by atomic mass is 32.2. The van der Waals surface area contributed by atoms with Crippen molar-refractivity contribution in [3.8, 4) is 10.6 Å². The van der Waals surface area contributed by atoms with Crippen molar-refractivity contribution in [3.63, 3.8) is 0 Å². The summed E-state index contributed by atoms with van der Waals surface area (Å²) in [6.07, 6.45) is 4.82. The minimum atomic E-state index is -3.61. The fourth-order valence-electron chi connectivity index (χ4n) is 2.53. The second-order valence-electron chi connectivity index (χ2n) is 6.11. The van der Waals surface area contributed by atoms with Crippen LogP contribution in [0.3, 0.4) is 0 Å². The quantitative estimate of drug-likeness (QED) is 0.682. The molecule has 5 nitrogen and oxygen atoms in total. The molecule has 0 amide bonds. The normalized spacial score (nSPS) is 14.6. The van der Waals surface area contributed by atoms with Gasteiger partial charge in [-0.3, -0.25) is 4.72 Å². The number of benzene rings is 1. The summed E-state index contributed by atoms with van der Waals surface area (Å²) in [4.78, 5) is 5.05. The summed E-state index contributed by atoms with van der Waals surface area (Å²) < 4.78 is 33.8. The molecule has 1 fully saturated rings. The average molecular weight is 374 g/mol. The summed E-state index contributed by atoms with van der Waals surface area (Å²) in [7, 11) is -3.61. The molecule has 1 aliphatic rings.